The van der Waals surface area contributed by atoms with Crippen LogP contribution in [0.3, 0.4) is 0 Å². The molecule has 2 aliphatic rings. The van der Waals surface area contributed by atoms with Crippen LogP contribution in [-0.4, -0.2) is 17.8 Å². The molecule has 0 radical (unpaired) electrons. The van der Waals surface area contributed by atoms with Crippen molar-refractivity contribution in [3.8, 4) is 0 Å². The van der Waals surface area contributed by atoms with Crippen molar-refractivity contribution in [1.29, 1.82) is 0 Å². The van der Waals surface area contributed by atoms with Gasteiger partial charge in [-0.1, -0.05) is 0 Å². The van der Waals surface area contributed by atoms with Crippen LogP contribution < -0.4 is 5.48 Å². The quantitative estimate of drug-likeness (QED) is 0.780. The molecule has 0 amide bonds. The number of benzene rings is 1. The predicted octanol–water partition coefficient (Wildman–Crippen LogP) is 2.23. The second kappa shape index (κ2) is 4.23. The molecule has 2 fully saturated rings. The highest BCUT2D eigenvalue weighted by atomic mass is 79.9. The molecule has 0 aromatic heterocycles. The van der Waals surface area contributed by atoms with Gasteiger partial charge in [0.2, 0.25) is 0 Å². The zero-order valence-electron chi connectivity index (χ0n) is 9.42. The van der Waals surface area contributed by atoms with E-state index in [4.69, 9.17) is 4.84 Å². The summed E-state index contributed by atoms with van der Waals surface area (Å²) in [4.78, 5) is 5.21. The molecule has 3 nitrogen and oxygen atoms in total. The van der Waals surface area contributed by atoms with Crippen molar-refractivity contribution in [3.63, 3.8) is 0 Å². The molecule has 2 N–H and O–H groups in total. The topological polar surface area (TPSA) is 41.5 Å². The van der Waals surface area contributed by atoms with E-state index in [9.17, 15) is 13.9 Å². The lowest BCUT2D eigenvalue weighted by Gasteiger charge is -2.28. The molecule has 1 aromatic rings. The normalized spacial score (nSPS) is 34.9. The predicted molar refractivity (Wildman–Crippen MR) is 63.6 cm³/mol. The maximum absolute atomic E-state index is 14.0. The highest BCUT2D eigenvalue weighted by Gasteiger charge is 2.53. The number of fused-ring (bicyclic) bond motifs is 1. The Hall–Kier alpha value is -0.560. The van der Waals surface area contributed by atoms with E-state index in [0.717, 1.165) is 6.07 Å². The minimum atomic E-state index is -0.750. The van der Waals surface area contributed by atoms with E-state index in [2.05, 4.69) is 21.4 Å². The van der Waals surface area contributed by atoms with Crippen molar-refractivity contribution in [2.45, 2.75) is 24.5 Å². The van der Waals surface area contributed by atoms with Crippen molar-refractivity contribution in [2.24, 2.45) is 5.92 Å². The standard InChI is InChI=1S/C12H12BrF2NO2/c13-9-2-8(10(14)3-11(9)15)12-4-7(17)1-6(12)5-18-16-12/h2-3,6-7,16-17H,1,4-5H2. The van der Waals surface area contributed by atoms with Gasteiger partial charge in [-0.25, -0.2) is 8.78 Å². The lowest BCUT2D eigenvalue weighted by atomic mass is 9.82. The molecular weight excluding hydrogens is 308 g/mol. The number of rotatable bonds is 1. The first-order chi connectivity index (χ1) is 8.53. The summed E-state index contributed by atoms with van der Waals surface area (Å²) in [5, 5.41) is 9.77. The number of hydrogen-bond donors (Lipinski definition) is 2. The van der Waals surface area contributed by atoms with Crippen LogP contribution in [-0.2, 0) is 10.4 Å². The summed E-state index contributed by atoms with van der Waals surface area (Å²) in [5.41, 5.74) is 2.42. The summed E-state index contributed by atoms with van der Waals surface area (Å²) in [7, 11) is 0. The first kappa shape index (κ1) is 12.5. The lowest BCUT2D eigenvalue weighted by molar-refractivity contribution is 0.0384. The van der Waals surface area contributed by atoms with Crippen molar-refractivity contribution in [3.05, 3.63) is 33.8 Å². The highest BCUT2D eigenvalue weighted by molar-refractivity contribution is 9.10. The third kappa shape index (κ3) is 1.71. The van der Waals surface area contributed by atoms with Gasteiger partial charge in [0.05, 0.1) is 22.7 Å². The van der Waals surface area contributed by atoms with Gasteiger partial charge >= 0.3 is 0 Å². The fourth-order valence-corrected chi connectivity index (χ4v) is 3.35. The van der Waals surface area contributed by atoms with Crippen LogP contribution in [0.4, 0.5) is 8.78 Å². The highest BCUT2D eigenvalue weighted by Crippen LogP contribution is 2.48. The number of nitrogens with one attached hydrogen (secondary N) is 1. The molecule has 0 bridgehead atoms. The van der Waals surface area contributed by atoms with E-state index in [-0.39, 0.29) is 10.4 Å². The molecule has 98 valence electrons. The van der Waals surface area contributed by atoms with Crippen molar-refractivity contribution in [2.75, 3.05) is 6.61 Å². The Morgan fingerprint density at radius 2 is 2.17 bits per heavy atom. The minimum Gasteiger partial charge on any atom is -0.393 e. The lowest BCUT2D eigenvalue weighted by Crippen LogP contribution is -2.39. The molecule has 18 heavy (non-hydrogen) atoms. The van der Waals surface area contributed by atoms with Crippen LogP contribution in [0.2, 0.25) is 0 Å². The van der Waals surface area contributed by atoms with Crippen LogP contribution >= 0.6 is 15.9 Å². The first-order valence-electron chi connectivity index (χ1n) is 5.75. The van der Waals surface area contributed by atoms with Gasteiger partial charge in [0.15, 0.2) is 0 Å². The van der Waals surface area contributed by atoms with Gasteiger partial charge in [0, 0.05) is 17.5 Å². The summed E-state index contributed by atoms with van der Waals surface area (Å²) in [6.07, 6.45) is 0.434. The Morgan fingerprint density at radius 3 is 2.94 bits per heavy atom. The molecule has 1 heterocycles. The minimum absolute atomic E-state index is 0.000591. The molecule has 1 aliphatic heterocycles. The van der Waals surface area contributed by atoms with Crippen LogP contribution in [0.1, 0.15) is 18.4 Å². The molecule has 0 spiro atoms. The number of hydrogen-bond acceptors (Lipinski definition) is 3. The van der Waals surface area contributed by atoms with E-state index in [1.165, 1.54) is 6.07 Å². The van der Waals surface area contributed by atoms with Crippen molar-refractivity contribution >= 4 is 15.9 Å². The zero-order valence-corrected chi connectivity index (χ0v) is 11.0. The monoisotopic (exact) mass is 319 g/mol. The van der Waals surface area contributed by atoms with E-state index in [0.29, 0.717) is 25.0 Å². The van der Waals surface area contributed by atoms with Crippen molar-refractivity contribution in [1.82, 2.24) is 5.48 Å². The summed E-state index contributed by atoms with van der Waals surface area (Å²) in [6.45, 7) is 0.422. The van der Waals surface area contributed by atoms with Gasteiger partial charge < -0.3 is 9.94 Å². The summed E-state index contributed by atoms with van der Waals surface area (Å²) < 4.78 is 27.5. The molecule has 1 aliphatic carbocycles. The zero-order chi connectivity index (χ0) is 12.9. The number of aliphatic hydroxyl groups excluding tert-OH is 1. The van der Waals surface area contributed by atoms with E-state index in [1.807, 2.05) is 0 Å². The Bertz CT molecular complexity index is 499. The molecule has 3 rings (SSSR count). The van der Waals surface area contributed by atoms with Gasteiger partial charge in [0.25, 0.3) is 0 Å². The smallest absolute Gasteiger partial charge is 0.140 e. The second-order valence-corrected chi connectivity index (χ2v) is 5.78. The van der Waals surface area contributed by atoms with E-state index in [1.54, 1.807) is 0 Å². The number of aliphatic hydroxyl groups is 1. The van der Waals surface area contributed by atoms with Gasteiger partial charge in [-0.2, -0.15) is 5.48 Å². The third-order valence-electron chi connectivity index (χ3n) is 3.84. The Balaban J connectivity index is 2.11. The second-order valence-electron chi connectivity index (χ2n) is 4.92. The largest absolute Gasteiger partial charge is 0.393 e. The van der Waals surface area contributed by atoms with Crippen LogP contribution in [0, 0.1) is 17.6 Å². The van der Waals surface area contributed by atoms with Crippen molar-refractivity contribution < 1.29 is 18.7 Å². The molecular formula is C12H12BrF2NO2. The number of halogens is 3. The van der Waals surface area contributed by atoms with Crippen LogP contribution in [0.25, 0.3) is 0 Å². The van der Waals surface area contributed by atoms with E-state index >= 15 is 0 Å². The fraction of sp³-hybridized carbons (Fsp3) is 0.500. The van der Waals surface area contributed by atoms with Gasteiger partial charge in [0.1, 0.15) is 11.6 Å². The maximum Gasteiger partial charge on any atom is 0.140 e. The summed E-state index contributed by atoms with van der Waals surface area (Å²) in [5.74, 6) is -1.26. The fourth-order valence-electron chi connectivity index (χ4n) is 3.01. The van der Waals surface area contributed by atoms with Crippen LogP contribution in [0.5, 0.6) is 0 Å². The SMILES string of the molecule is OC1CC2CONC2(c2cc(Br)c(F)cc2F)C1. The molecule has 6 heteroatoms. The molecule has 1 saturated heterocycles. The summed E-state index contributed by atoms with van der Waals surface area (Å²) >= 11 is 3.06. The first-order valence-corrected chi connectivity index (χ1v) is 6.54. The molecule has 1 saturated carbocycles. The van der Waals surface area contributed by atoms with Gasteiger partial charge in [-0.3, -0.25) is 0 Å². The van der Waals surface area contributed by atoms with Crippen LogP contribution in [0.15, 0.2) is 16.6 Å². The van der Waals surface area contributed by atoms with Gasteiger partial charge in [-0.15, -0.1) is 0 Å². The molecule has 3 atom stereocenters. The Morgan fingerprint density at radius 1 is 1.39 bits per heavy atom. The van der Waals surface area contributed by atoms with Gasteiger partial charge in [-0.05, 0) is 34.8 Å². The Labute approximate surface area is 111 Å². The maximum atomic E-state index is 14.0. The Kier molecular flexibility index (Phi) is 2.93. The van der Waals surface area contributed by atoms with E-state index < -0.39 is 23.3 Å². The molecule has 3 unspecified atom stereocenters. The number of hydroxylamine groups is 1. The summed E-state index contributed by atoms with van der Waals surface area (Å²) in [6, 6.07) is 2.29. The average Bonchev–Trinajstić information content (AvgIpc) is 2.79. The third-order valence-corrected chi connectivity index (χ3v) is 4.45. The molecule has 1 aromatic carbocycles. The average molecular weight is 320 g/mol.